The first-order valence-corrected chi connectivity index (χ1v) is 10.3. The lowest BCUT2D eigenvalue weighted by molar-refractivity contribution is 0.0308. The van der Waals surface area contributed by atoms with Crippen molar-refractivity contribution < 1.29 is 17.7 Å². The fourth-order valence-electron chi connectivity index (χ4n) is 2.52. The number of aromatic nitrogens is 1. The summed E-state index contributed by atoms with van der Waals surface area (Å²) in [7, 11) is -1.74. The Morgan fingerprint density at radius 3 is 2.56 bits per heavy atom. The summed E-state index contributed by atoms with van der Waals surface area (Å²) < 4.78 is 36.7. The Morgan fingerprint density at radius 1 is 1.37 bits per heavy atom. The first-order valence-electron chi connectivity index (χ1n) is 8.73. The summed E-state index contributed by atoms with van der Waals surface area (Å²) >= 11 is 0. The molecule has 0 spiro atoms. The highest BCUT2D eigenvalue weighted by Gasteiger charge is 2.29. The van der Waals surface area contributed by atoms with Crippen LogP contribution < -0.4 is 5.32 Å². The standard InChI is InChI=1S/C16H29N5O4S.HI/c1-5-17-15(18-13-16(2,3)24-4)20-7-9-21(10-8-20)26(22,23)12-14-6-11-25-19-14;/h6,11H,5,7-10,12-13H2,1-4H3,(H,17,18);1H. The number of rotatable bonds is 7. The second-order valence-corrected chi connectivity index (χ2v) is 8.74. The van der Waals surface area contributed by atoms with Crippen molar-refractivity contribution in [3.05, 3.63) is 18.0 Å². The number of guanidine groups is 1. The molecule has 1 saturated heterocycles. The number of hydrogen-bond donors (Lipinski definition) is 1. The van der Waals surface area contributed by atoms with Crippen molar-refractivity contribution in [3.8, 4) is 0 Å². The van der Waals surface area contributed by atoms with Crippen molar-refractivity contribution in [2.75, 3.05) is 46.4 Å². The van der Waals surface area contributed by atoms with Crippen LogP contribution in [-0.4, -0.2) is 80.7 Å². The maximum absolute atomic E-state index is 12.5. The maximum atomic E-state index is 12.5. The number of halogens is 1. The van der Waals surface area contributed by atoms with Gasteiger partial charge in [0.1, 0.15) is 12.0 Å². The smallest absolute Gasteiger partial charge is 0.220 e. The number of hydrogen-bond acceptors (Lipinski definition) is 6. The fraction of sp³-hybridized carbons (Fsp3) is 0.750. The number of sulfonamides is 1. The van der Waals surface area contributed by atoms with E-state index < -0.39 is 10.0 Å². The van der Waals surface area contributed by atoms with E-state index in [9.17, 15) is 8.42 Å². The van der Waals surface area contributed by atoms with E-state index in [4.69, 9.17) is 9.26 Å². The summed E-state index contributed by atoms with van der Waals surface area (Å²) in [6.45, 7) is 9.23. The monoisotopic (exact) mass is 515 g/mol. The zero-order valence-electron chi connectivity index (χ0n) is 16.3. The highest BCUT2D eigenvalue weighted by atomic mass is 127. The van der Waals surface area contributed by atoms with E-state index in [1.165, 1.54) is 10.6 Å². The molecule has 2 heterocycles. The lowest BCUT2D eigenvalue weighted by Crippen LogP contribution is -2.54. The second-order valence-electron chi connectivity index (χ2n) is 6.77. The van der Waals surface area contributed by atoms with Gasteiger partial charge in [-0.2, -0.15) is 4.31 Å². The molecule has 0 bridgehead atoms. The van der Waals surface area contributed by atoms with Crippen LogP contribution in [0, 0.1) is 0 Å². The molecule has 1 N–H and O–H groups in total. The van der Waals surface area contributed by atoms with Gasteiger partial charge in [0.25, 0.3) is 0 Å². The highest BCUT2D eigenvalue weighted by Crippen LogP contribution is 2.13. The molecule has 1 fully saturated rings. The largest absolute Gasteiger partial charge is 0.377 e. The van der Waals surface area contributed by atoms with Crippen LogP contribution in [0.25, 0.3) is 0 Å². The average Bonchev–Trinajstić information content (AvgIpc) is 3.11. The lowest BCUT2D eigenvalue weighted by Gasteiger charge is -2.36. The number of methoxy groups -OCH3 is 1. The van der Waals surface area contributed by atoms with E-state index in [0.29, 0.717) is 38.4 Å². The highest BCUT2D eigenvalue weighted by molar-refractivity contribution is 14.0. The van der Waals surface area contributed by atoms with Gasteiger partial charge in [0.15, 0.2) is 5.96 Å². The third-order valence-corrected chi connectivity index (χ3v) is 6.06. The van der Waals surface area contributed by atoms with Crippen molar-refractivity contribution >= 4 is 40.0 Å². The Labute approximate surface area is 178 Å². The zero-order chi connectivity index (χ0) is 19.2. The predicted octanol–water partition coefficient (Wildman–Crippen LogP) is 1.13. The zero-order valence-corrected chi connectivity index (χ0v) is 19.5. The molecule has 11 heteroatoms. The van der Waals surface area contributed by atoms with Crippen LogP contribution in [0.1, 0.15) is 26.5 Å². The van der Waals surface area contributed by atoms with E-state index in [0.717, 1.165) is 12.5 Å². The van der Waals surface area contributed by atoms with Gasteiger partial charge in [-0.3, -0.25) is 4.99 Å². The summed E-state index contributed by atoms with van der Waals surface area (Å²) in [5.74, 6) is 0.644. The van der Waals surface area contributed by atoms with Crippen molar-refractivity contribution in [2.24, 2.45) is 4.99 Å². The van der Waals surface area contributed by atoms with Gasteiger partial charge < -0.3 is 19.5 Å². The van der Waals surface area contributed by atoms with Crippen LogP contribution in [0.15, 0.2) is 21.8 Å². The van der Waals surface area contributed by atoms with Gasteiger partial charge in [0.05, 0.1) is 17.8 Å². The Kier molecular flexibility index (Phi) is 9.45. The van der Waals surface area contributed by atoms with Crippen molar-refractivity contribution in [1.29, 1.82) is 0 Å². The van der Waals surface area contributed by atoms with E-state index in [2.05, 4.69) is 20.4 Å². The molecule has 27 heavy (non-hydrogen) atoms. The molecule has 9 nitrogen and oxygen atoms in total. The van der Waals surface area contributed by atoms with Crippen LogP contribution in [0.3, 0.4) is 0 Å². The summed E-state index contributed by atoms with van der Waals surface area (Å²) in [6, 6.07) is 1.57. The SMILES string of the molecule is CCNC(=NCC(C)(C)OC)N1CCN(S(=O)(=O)Cc2ccon2)CC1.I. The van der Waals surface area contributed by atoms with E-state index in [1.54, 1.807) is 13.2 Å². The molecule has 0 amide bonds. The Balaban J connectivity index is 0.00000364. The topological polar surface area (TPSA) is 100 Å². The molecule has 0 saturated carbocycles. The average molecular weight is 515 g/mol. The molecular weight excluding hydrogens is 485 g/mol. The molecule has 1 aliphatic heterocycles. The molecule has 1 aromatic rings. The quantitative estimate of drug-likeness (QED) is 0.330. The number of nitrogens with one attached hydrogen (secondary N) is 1. The number of piperazine rings is 1. The molecule has 0 radical (unpaired) electrons. The fourth-order valence-corrected chi connectivity index (χ4v) is 3.95. The van der Waals surface area contributed by atoms with E-state index in [-0.39, 0.29) is 35.3 Å². The summed E-state index contributed by atoms with van der Waals surface area (Å²) in [4.78, 5) is 6.72. The van der Waals surface area contributed by atoms with E-state index >= 15 is 0 Å². The molecule has 0 atom stereocenters. The third kappa shape index (κ3) is 7.20. The molecule has 1 aromatic heterocycles. The van der Waals surface area contributed by atoms with Crippen LogP contribution in [-0.2, 0) is 20.5 Å². The van der Waals surface area contributed by atoms with Crippen LogP contribution in [0.2, 0.25) is 0 Å². The summed E-state index contributed by atoms with van der Waals surface area (Å²) in [5.41, 5.74) is 0.0767. The normalized spacial score (nSPS) is 16.9. The molecule has 1 aliphatic rings. The number of ether oxygens (including phenoxy) is 1. The first-order chi connectivity index (χ1) is 12.3. The predicted molar refractivity (Wildman–Crippen MR) is 115 cm³/mol. The van der Waals surface area contributed by atoms with Gasteiger partial charge in [-0.1, -0.05) is 5.16 Å². The molecule has 0 aliphatic carbocycles. The van der Waals surface area contributed by atoms with Crippen LogP contribution in [0.4, 0.5) is 0 Å². The minimum absolute atomic E-state index is 0. The maximum Gasteiger partial charge on any atom is 0.220 e. The van der Waals surface area contributed by atoms with Gasteiger partial charge in [0, 0.05) is 45.9 Å². The van der Waals surface area contributed by atoms with Crippen molar-refractivity contribution in [3.63, 3.8) is 0 Å². The number of nitrogens with zero attached hydrogens (tertiary/aromatic N) is 4. The van der Waals surface area contributed by atoms with Crippen LogP contribution >= 0.6 is 24.0 Å². The minimum atomic E-state index is -3.40. The van der Waals surface area contributed by atoms with Gasteiger partial charge in [-0.05, 0) is 20.8 Å². The molecule has 0 aromatic carbocycles. The Hall–Kier alpha value is -0.920. The second kappa shape index (κ2) is 10.6. The van der Waals surface area contributed by atoms with Gasteiger partial charge >= 0.3 is 0 Å². The lowest BCUT2D eigenvalue weighted by atomic mass is 10.1. The summed E-state index contributed by atoms with van der Waals surface area (Å²) in [5, 5.41) is 6.96. The first kappa shape index (κ1) is 24.1. The van der Waals surface area contributed by atoms with Gasteiger partial charge in [0.2, 0.25) is 10.0 Å². The molecule has 0 unspecified atom stereocenters. The van der Waals surface area contributed by atoms with E-state index in [1.807, 2.05) is 20.8 Å². The molecule has 156 valence electrons. The number of aliphatic imine (C=N–C) groups is 1. The third-order valence-electron chi connectivity index (χ3n) is 4.25. The van der Waals surface area contributed by atoms with Crippen molar-refractivity contribution in [2.45, 2.75) is 32.1 Å². The molecule has 2 rings (SSSR count). The van der Waals surface area contributed by atoms with Crippen molar-refractivity contribution in [1.82, 2.24) is 19.7 Å². The Morgan fingerprint density at radius 2 is 2.04 bits per heavy atom. The van der Waals surface area contributed by atoms with Crippen LogP contribution in [0.5, 0.6) is 0 Å². The summed E-state index contributed by atoms with van der Waals surface area (Å²) in [6.07, 6.45) is 1.38. The van der Waals surface area contributed by atoms with Gasteiger partial charge in [-0.15, -0.1) is 24.0 Å². The minimum Gasteiger partial charge on any atom is -0.377 e. The van der Waals surface area contributed by atoms with Gasteiger partial charge in [-0.25, -0.2) is 8.42 Å². The Bertz CT molecular complexity index is 686. The molecular formula is C16H30IN5O4S.